The standard InChI is InChI=1S/C20H21ClN2O4S/c21-14-1-3-17(23-5-7-25-8-6-23)16(11-14)22-20(24)13-28-15-2-4-18-19(12-15)27-10-9-26-18/h1-4,11-12H,5-10,13H2,(H,22,24). The van der Waals surface area contributed by atoms with Crippen molar-refractivity contribution in [2.24, 2.45) is 0 Å². The van der Waals surface area contributed by atoms with Crippen LogP contribution >= 0.6 is 23.4 Å². The van der Waals surface area contributed by atoms with Crippen LogP contribution in [0.1, 0.15) is 0 Å². The van der Waals surface area contributed by atoms with E-state index >= 15 is 0 Å². The first-order valence-electron chi connectivity index (χ1n) is 9.13. The molecule has 0 unspecified atom stereocenters. The normalized spacial score (nSPS) is 16.0. The molecule has 8 heteroatoms. The number of anilines is 2. The highest BCUT2D eigenvalue weighted by Gasteiger charge is 2.17. The smallest absolute Gasteiger partial charge is 0.234 e. The molecule has 28 heavy (non-hydrogen) atoms. The summed E-state index contributed by atoms with van der Waals surface area (Å²) in [6.45, 7) is 4.03. The summed E-state index contributed by atoms with van der Waals surface area (Å²) >= 11 is 7.61. The number of rotatable bonds is 5. The van der Waals surface area contributed by atoms with Gasteiger partial charge in [-0.3, -0.25) is 4.79 Å². The summed E-state index contributed by atoms with van der Waals surface area (Å²) in [5, 5.41) is 3.59. The summed E-state index contributed by atoms with van der Waals surface area (Å²) < 4.78 is 16.5. The van der Waals surface area contributed by atoms with E-state index in [9.17, 15) is 4.79 Å². The van der Waals surface area contributed by atoms with Gasteiger partial charge in [-0.15, -0.1) is 11.8 Å². The summed E-state index contributed by atoms with van der Waals surface area (Å²) in [4.78, 5) is 15.7. The van der Waals surface area contributed by atoms with Gasteiger partial charge in [0.2, 0.25) is 5.91 Å². The first-order valence-corrected chi connectivity index (χ1v) is 10.5. The number of carbonyl (C=O) groups excluding carboxylic acids is 1. The SMILES string of the molecule is O=C(CSc1ccc2c(c1)OCCO2)Nc1cc(Cl)ccc1N1CCOCC1. The molecule has 1 fully saturated rings. The molecule has 0 aliphatic carbocycles. The number of fused-ring (bicyclic) bond motifs is 1. The Bertz CT molecular complexity index is 858. The average molecular weight is 421 g/mol. The maximum Gasteiger partial charge on any atom is 0.234 e. The average Bonchev–Trinajstić information content (AvgIpc) is 2.73. The van der Waals surface area contributed by atoms with Gasteiger partial charge < -0.3 is 24.4 Å². The number of morpholine rings is 1. The van der Waals surface area contributed by atoms with Gasteiger partial charge in [0.05, 0.1) is 30.3 Å². The van der Waals surface area contributed by atoms with Gasteiger partial charge in [-0.25, -0.2) is 0 Å². The van der Waals surface area contributed by atoms with Gasteiger partial charge in [-0.1, -0.05) is 11.6 Å². The van der Waals surface area contributed by atoms with Crippen molar-refractivity contribution in [1.82, 2.24) is 0 Å². The van der Waals surface area contributed by atoms with Gasteiger partial charge >= 0.3 is 0 Å². The first-order chi connectivity index (χ1) is 13.7. The molecule has 1 N–H and O–H groups in total. The van der Waals surface area contributed by atoms with Gasteiger partial charge in [0.25, 0.3) is 0 Å². The molecule has 4 rings (SSSR count). The van der Waals surface area contributed by atoms with Gasteiger partial charge in [-0.05, 0) is 36.4 Å². The molecule has 0 radical (unpaired) electrons. The largest absolute Gasteiger partial charge is 0.486 e. The first kappa shape index (κ1) is 19.2. The van der Waals surface area contributed by atoms with Crippen molar-refractivity contribution in [1.29, 1.82) is 0 Å². The van der Waals surface area contributed by atoms with Gasteiger partial charge in [0.1, 0.15) is 13.2 Å². The molecule has 2 aliphatic heterocycles. The van der Waals surface area contributed by atoms with Crippen molar-refractivity contribution in [3.8, 4) is 11.5 Å². The highest BCUT2D eigenvalue weighted by atomic mass is 35.5. The van der Waals surface area contributed by atoms with Crippen LogP contribution in [-0.4, -0.2) is 51.2 Å². The zero-order valence-corrected chi connectivity index (χ0v) is 16.9. The van der Waals surface area contributed by atoms with Crippen molar-refractivity contribution >= 4 is 40.6 Å². The van der Waals surface area contributed by atoms with Crippen molar-refractivity contribution < 1.29 is 19.0 Å². The van der Waals surface area contributed by atoms with E-state index in [1.54, 1.807) is 6.07 Å². The zero-order valence-electron chi connectivity index (χ0n) is 15.3. The Morgan fingerprint density at radius 2 is 1.82 bits per heavy atom. The fourth-order valence-corrected chi connectivity index (χ4v) is 4.03. The Hall–Kier alpha value is -2.09. The monoisotopic (exact) mass is 420 g/mol. The lowest BCUT2D eigenvalue weighted by Crippen LogP contribution is -2.36. The molecule has 0 aromatic heterocycles. The molecular weight excluding hydrogens is 400 g/mol. The van der Waals surface area contributed by atoms with E-state index in [1.165, 1.54) is 11.8 Å². The van der Waals surface area contributed by atoms with Crippen molar-refractivity contribution in [2.45, 2.75) is 4.90 Å². The third-order valence-corrected chi connectivity index (χ3v) is 5.70. The summed E-state index contributed by atoms with van der Waals surface area (Å²) in [6.07, 6.45) is 0. The highest BCUT2D eigenvalue weighted by molar-refractivity contribution is 8.00. The summed E-state index contributed by atoms with van der Waals surface area (Å²) in [5.74, 6) is 1.67. The van der Waals surface area contributed by atoms with E-state index < -0.39 is 0 Å². The summed E-state index contributed by atoms with van der Waals surface area (Å²) in [7, 11) is 0. The number of hydrogen-bond donors (Lipinski definition) is 1. The number of amides is 1. The second-order valence-corrected chi connectivity index (χ2v) is 7.89. The number of halogens is 1. The number of ether oxygens (including phenoxy) is 3. The number of nitrogens with zero attached hydrogens (tertiary/aromatic N) is 1. The molecule has 1 saturated heterocycles. The second-order valence-electron chi connectivity index (χ2n) is 6.40. The minimum absolute atomic E-state index is 0.0864. The predicted molar refractivity (Wildman–Crippen MR) is 111 cm³/mol. The summed E-state index contributed by atoms with van der Waals surface area (Å²) in [5.41, 5.74) is 1.69. The van der Waals surface area contributed by atoms with E-state index in [1.807, 2.05) is 30.3 Å². The second kappa shape index (κ2) is 8.94. The van der Waals surface area contributed by atoms with E-state index in [2.05, 4.69) is 10.2 Å². The van der Waals surface area contributed by atoms with Crippen LogP contribution in [0.3, 0.4) is 0 Å². The molecule has 0 spiro atoms. The number of hydrogen-bond acceptors (Lipinski definition) is 6. The van der Waals surface area contributed by atoms with Crippen LogP contribution in [0.5, 0.6) is 11.5 Å². The molecule has 6 nitrogen and oxygen atoms in total. The third-order valence-electron chi connectivity index (χ3n) is 4.47. The Labute approximate surface area is 173 Å². The lowest BCUT2D eigenvalue weighted by Gasteiger charge is -2.30. The Balaban J connectivity index is 1.40. The molecule has 2 aliphatic rings. The van der Waals surface area contributed by atoms with Crippen molar-refractivity contribution in [3.63, 3.8) is 0 Å². The summed E-state index contributed by atoms with van der Waals surface area (Å²) in [6, 6.07) is 11.3. The lowest BCUT2D eigenvalue weighted by atomic mass is 10.2. The Morgan fingerprint density at radius 3 is 2.64 bits per heavy atom. The fourth-order valence-electron chi connectivity index (χ4n) is 3.14. The Kier molecular flexibility index (Phi) is 6.14. The maximum atomic E-state index is 12.5. The Morgan fingerprint density at radius 1 is 1.04 bits per heavy atom. The van der Waals surface area contributed by atoms with Gasteiger partial charge in [-0.2, -0.15) is 0 Å². The minimum Gasteiger partial charge on any atom is -0.486 e. The number of carbonyl (C=O) groups is 1. The van der Waals surface area contributed by atoms with Gasteiger partial charge in [0.15, 0.2) is 11.5 Å². The fraction of sp³-hybridized carbons (Fsp3) is 0.350. The molecule has 2 aromatic carbocycles. The molecule has 2 aromatic rings. The van der Waals surface area contributed by atoms with Crippen LogP contribution in [0.2, 0.25) is 5.02 Å². The number of thioether (sulfide) groups is 1. The van der Waals surface area contributed by atoms with Crippen LogP contribution in [-0.2, 0) is 9.53 Å². The van der Waals surface area contributed by atoms with Gasteiger partial charge in [0, 0.05) is 23.0 Å². The minimum atomic E-state index is -0.0864. The molecular formula is C20H21ClN2O4S. The number of benzene rings is 2. The molecule has 1 amide bonds. The zero-order chi connectivity index (χ0) is 19.3. The highest BCUT2D eigenvalue weighted by Crippen LogP contribution is 2.34. The van der Waals surface area contributed by atoms with Crippen LogP contribution in [0.15, 0.2) is 41.3 Å². The number of nitrogens with one attached hydrogen (secondary N) is 1. The molecule has 148 valence electrons. The van der Waals surface area contributed by atoms with Crippen molar-refractivity contribution in [2.75, 3.05) is 55.5 Å². The topological polar surface area (TPSA) is 60.0 Å². The molecule has 2 heterocycles. The third kappa shape index (κ3) is 4.66. The van der Waals surface area contributed by atoms with E-state index in [0.29, 0.717) is 31.5 Å². The molecule has 0 bridgehead atoms. The van der Waals surface area contributed by atoms with Crippen LogP contribution in [0.4, 0.5) is 11.4 Å². The maximum absolute atomic E-state index is 12.5. The van der Waals surface area contributed by atoms with Crippen LogP contribution in [0, 0.1) is 0 Å². The van der Waals surface area contributed by atoms with Crippen molar-refractivity contribution in [3.05, 3.63) is 41.4 Å². The van der Waals surface area contributed by atoms with E-state index in [4.69, 9.17) is 25.8 Å². The van der Waals surface area contributed by atoms with Crippen LogP contribution in [0.25, 0.3) is 0 Å². The lowest BCUT2D eigenvalue weighted by molar-refractivity contribution is -0.113. The predicted octanol–water partition coefficient (Wildman–Crippen LogP) is 3.68. The molecule has 0 saturated carbocycles. The van der Waals surface area contributed by atoms with E-state index in [-0.39, 0.29) is 11.7 Å². The van der Waals surface area contributed by atoms with Crippen LogP contribution < -0.4 is 19.7 Å². The quantitative estimate of drug-likeness (QED) is 0.744. The molecule has 0 atom stereocenters. The van der Waals surface area contributed by atoms with E-state index in [0.717, 1.165) is 40.9 Å².